The Balaban J connectivity index is 1.75. The van der Waals surface area contributed by atoms with Gasteiger partial charge in [-0.3, -0.25) is 4.90 Å². The average Bonchev–Trinajstić information content (AvgIpc) is 3.23. The first-order valence-electron chi connectivity index (χ1n) is 7.11. The highest BCUT2D eigenvalue weighted by Gasteiger charge is 2.31. The molecular weight excluding hydrogens is 243 g/mol. The van der Waals surface area contributed by atoms with Gasteiger partial charge in [0.2, 0.25) is 0 Å². The minimum absolute atomic E-state index is 0.281. The highest BCUT2D eigenvalue weighted by molar-refractivity contribution is 5.55. The molecule has 0 radical (unpaired) electrons. The summed E-state index contributed by atoms with van der Waals surface area (Å²) in [6.45, 7) is 5.75. The molecule has 0 amide bonds. The standard InChI is InChI=1S/C15H21FN2O/c1-11(19)14-10-12(16)2-5-15(14)18-8-6-17(7-9-18)13-3-4-13/h2,5,10-11,13,19H,3-4,6-9H2,1H3/t11-/m1/s1. The summed E-state index contributed by atoms with van der Waals surface area (Å²) in [6.07, 6.45) is 2.05. The molecular formula is C15H21FN2O. The van der Waals surface area contributed by atoms with E-state index >= 15 is 0 Å². The Labute approximate surface area is 113 Å². The summed E-state index contributed by atoms with van der Waals surface area (Å²) in [5.74, 6) is -0.281. The van der Waals surface area contributed by atoms with Crippen molar-refractivity contribution >= 4 is 5.69 Å². The van der Waals surface area contributed by atoms with E-state index in [1.165, 1.54) is 25.0 Å². The van der Waals surface area contributed by atoms with Crippen molar-refractivity contribution in [2.45, 2.75) is 31.9 Å². The zero-order valence-corrected chi connectivity index (χ0v) is 11.3. The van der Waals surface area contributed by atoms with E-state index in [-0.39, 0.29) is 5.82 Å². The molecule has 1 heterocycles. The lowest BCUT2D eigenvalue weighted by molar-refractivity contribution is 0.198. The molecule has 2 aliphatic rings. The topological polar surface area (TPSA) is 26.7 Å². The molecule has 0 spiro atoms. The lowest BCUT2D eigenvalue weighted by Crippen LogP contribution is -2.47. The number of benzene rings is 1. The Bertz CT molecular complexity index is 451. The van der Waals surface area contributed by atoms with Crippen LogP contribution in [0.15, 0.2) is 18.2 Å². The van der Waals surface area contributed by atoms with Gasteiger partial charge in [-0.15, -0.1) is 0 Å². The van der Waals surface area contributed by atoms with Crippen LogP contribution in [0.1, 0.15) is 31.4 Å². The maximum absolute atomic E-state index is 13.3. The summed E-state index contributed by atoms with van der Waals surface area (Å²) in [6, 6.07) is 5.54. The maximum atomic E-state index is 13.3. The van der Waals surface area contributed by atoms with Gasteiger partial charge in [0.25, 0.3) is 0 Å². The second kappa shape index (κ2) is 5.10. The highest BCUT2D eigenvalue weighted by Crippen LogP contribution is 2.31. The van der Waals surface area contributed by atoms with Gasteiger partial charge in [-0.25, -0.2) is 4.39 Å². The van der Waals surface area contributed by atoms with Gasteiger partial charge in [0.15, 0.2) is 0 Å². The number of hydrogen-bond donors (Lipinski definition) is 1. The van der Waals surface area contributed by atoms with Crippen LogP contribution in [0.2, 0.25) is 0 Å². The fraction of sp³-hybridized carbons (Fsp3) is 0.600. The molecule has 3 nitrogen and oxygen atoms in total. The van der Waals surface area contributed by atoms with Crippen molar-refractivity contribution in [2.75, 3.05) is 31.1 Å². The summed E-state index contributed by atoms with van der Waals surface area (Å²) < 4.78 is 13.3. The van der Waals surface area contributed by atoms with E-state index in [4.69, 9.17) is 0 Å². The molecule has 1 aromatic rings. The molecule has 2 fully saturated rings. The molecule has 1 atom stereocenters. The number of aliphatic hydroxyl groups is 1. The van der Waals surface area contributed by atoms with Crippen molar-refractivity contribution in [1.82, 2.24) is 4.90 Å². The number of hydrogen-bond acceptors (Lipinski definition) is 3. The van der Waals surface area contributed by atoms with Crippen LogP contribution in [0, 0.1) is 5.82 Å². The largest absolute Gasteiger partial charge is 0.389 e. The van der Waals surface area contributed by atoms with Gasteiger partial charge in [0, 0.05) is 43.5 Å². The molecule has 104 valence electrons. The summed E-state index contributed by atoms with van der Waals surface area (Å²) in [7, 11) is 0. The van der Waals surface area contributed by atoms with Gasteiger partial charge >= 0.3 is 0 Å². The van der Waals surface area contributed by atoms with Gasteiger partial charge in [-0.2, -0.15) is 0 Å². The number of piperazine rings is 1. The van der Waals surface area contributed by atoms with E-state index in [1.54, 1.807) is 13.0 Å². The van der Waals surface area contributed by atoms with Gasteiger partial charge < -0.3 is 10.0 Å². The number of nitrogens with zero attached hydrogens (tertiary/aromatic N) is 2. The van der Waals surface area contributed by atoms with E-state index in [0.29, 0.717) is 5.56 Å². The van der Waals surface area contributed by atoms with E-state index in [9.17, 15) is 9.50 Å². The molecule has 1 N–H and O–H groups in total. The monoisotopic (exact) mass is 264 g/mol. The summed E-state index contributed by atoms with van der Waals surface area (Å²) >= 11 is 0. The Kier molecular flexibility index (Phi) is 3.46. The average molecular weight is 264 g/mol. The van der Waals surface area contributed by atoms with Crippen LogP contribution < -0.4 is 4.90 Å². The van der Waals surface area contributed by atoms with Crippen molar-refractivity contribution in [1.29, 1.82) is 0 Å². The van der Waals surface area contributed by atoms with Gasteiger partial charge in [0.05, 0.1) is 6.10 Å². The molecule has 1 saturated carbocycles. The first kappa shape index (κ1) is 12.9. The number of halogens is 1. The molecule has 1 saturated heterocycles. The van der Waals surface area contributed by atoms with Crippen LogP contribution in [0.25, 0.3) is 0 Å². The van der Waals surface area contributed by atoms with Crippen LogP contribution in [0.3, 0.4) is 0 Å². The molecule has 1 aliphatic heterocycles. The summed E-state index contributed by atoms with van der Waals surface area (Å²) in [5, 5.41) is 9.81. The van der Waals surface area contributed by atoms with Crippen molar-refractivity contribution in [3.05, 3.63) is 29.6 Å². The van der Waals surface area contributed by atoms with Crippen LogP contribution in [-0.2, 0) is 0 Å². The second-order valence-electron chi connectivity index (χ2n) is 5.63. The molecule has 0 unspecified atom stereocenters. The Morgan fingerprint density at radius 1 is 1.21 bits per heavy atom. The summed E-state index contributed by atoms with van der Waals surface area (Å²) in [4.78, 5) is 4.81. The zero-order chi connectivity index (χ0) is 13.4. The fourth-order valence-corrected chi connectivity index (χ4v) is 2.92. The molecule has 4 heteroatoms. The fourth-order valence-electron chi connectivity index (χ4n) is 2.92. The van der Waals surface area contributed by atoms with Crippen LogP contribution in [-0.4, -0.2) is 42.2 Å². The van der Waals surface area contributed by atoms with Crippen molar-refractivity contribution < 1.29 is 9.50 Å². The lowest BCUT2D eigenvalue weighted by Gasteiger charge is -2.37. The van der Waals surface area contributed by atoms with E-state index in [0.717, 1.165) is 37.9 Å². The molecule has 1 aliphatic carbocycles. The van der Waals surface area contributed by atoms with Crippen LogP contribution in [0.4, 0.5) is 10.1 Å². The van der Waals surface area contributed by atoms with Crippen molar-refractivity contribution in [3.63, 3.8) is 0 Å². The third-order valence-corrected chi connectivity index (χ3v) is 4.16. The third-order valence-electron chi connectivity index (χ3n) is 4.16. The van der Waals surface area contributed by atoms with Crippen LogP contribution >= 0.6 is 0 Å². The van der Waals surface area contributed by atoms with Gasteiger partial charge in [-0.1, -0.05) is 0 Å². The Morgan fingerprint density at radius 2 is 1.89 bits per heavy atom. The van der Waals surface area contributed by atoms with E-state index in [1.807, 2.05) is 0 Å². The first-order valence-corrected chi connectivity index (χ1v) is 7.11. The third kappa shape index (κ3) is 2.74. The molecule has 1 aromatic carbocycles. The van der Waals surface area contributed by atoms with Crippen molar-refractivity contribution in [2.24, 2.45) is 0 Å². The molecule has 19 heavy (non-hydrogen) atoms. The maximum Gasteiger partial charge on any atom is 0.123 e. The van der Waals surface area contributed by atoms with E-state index in [2.05, 4.69) is 9.80 Å². The van der Waals surface area contributed by atoms with E-state index < -0.39 is 6.10 Å². The smallest absolute Gasteiger partial charge is 0.123 e. The molecule has 0 aromatic heterocycles. The summed E-state index contributed by atoms with van der Waals surface area (Å²) in [5.41, 5.74) is 1.67. The number of anilines is 1. The number of rotatable bonds is 3. The molecule has 0 bridgehead atoms. The van der Waals surface area contributed by atoms with Gasteiger partial charge in [0.1, 0.15) is 5.82 Å². The normalized spacial score (nSPS) is 22.6. The Hall–Kier alpha value is -1.13. The van der Waals surface area contributed by atoms with Crippen LogP contribution in [0.5, 0.6) is 0 Å². The van der Waals surface area contributed by atoms with Gasteiger partial charge in [-0.05, 0) is 38.0 Å². The minimum Gasteiger partial charge on any atom is -0.389 e. The molecule has 3 rings (SSSR count). The highest BCUT2D eigenvalue weighted by atomic mass is 19.1. The second-order valence-corrected chi connectivity index (χ2v) is 5.63. The SMILES string of the molecule is C[C@@H](O)c1cc(F)ccc1N1CCN(C2CC2)CC1. The Morgan fingerprint density at radius 3 is 2.47 bits per heavy atom. The predicted octanol–water partition coefficient (Wildman–Crippen LogP) is 2.16. The predicted molar refractivity (Wildman–Crippen MR) is 73.8 cm³/mol. The minimum atomic E-state index is -0.632. The first-order chi connectivity index (χ1) is 9.15. The number of aliphatic hydroxyl groups excluding tert-OH is 1. The lowest BCUT2D eigenvalue weighted by atomic mass is 10.1. The zero-order valence-electron chi connectivity index (χ0n) is 11.3. The van der Waals surface area contributed by atoms with Crippen molar-refractivity contribution in [3.8, 4) is 0 Å². The quantitative estimate of drug-likeness (QED) is 0.906.